The SMILES string of the molecule is COc1ccc(Nc2nc(C)cc(C(=O)N(Cc3ccccc3)C(C)C)n2)cc1. The smallest absolute Gasteiger partial charge is 0.273 e. The fourth-order valence-electron chi connectivity index (χ4n) is 2.95. The molecule has 1 aromatic heterocycles. The Kier molecular flexibility index (Phi) is 6.44. The molecule has 0 radical (unpaired) electrons. The molecule has 0 saturated heterocycles. The lowest BCUT2D eigenvalue weighted by Crippen LogP contribution is -2.37. The summed E-state index contributed by atoms with van der Waals surface area (Å²) in [5.74, 6) is 1.04. The Morgan fingerprint density at radius 3 is 2.38 bits per heavy atom. The molecule has 6 nitrogen and oxygen atoms in total. The van der Waals surface area contributed by atoms with E-state index in [-0.39, 0.29) is 11.9 Å². The average molecular weight is 390 g/mol. The van der Waals surface area contributed by atoms with Gasteiger partial charge in [-0.05, 0) is 56.7 Å². The number of benzene rings is 2. The summed E-state index contributed by atoms with van der Waals surface area (Å²) < 4.78 is 5.18. The van der Waals surface area contributed by atoms with Crippen LogP contribution in [0.3, 0.4) is 0 Å². The highest BCUT2D eigenvalue weighted by Crippen LogP contribution is 2.19. The number of hydrogen-bond donors (Lipinski definition) is 1. The van der Waals surface area contributed by atoms with Gasteiger partial charge in [0.15, 0.2) is 0 Å². The Labute approximate surface area is 171 Å². The van der Waals surface area contributed by atoms with E-state index in [0.29, 0.717) is 18.2 Å². The third-order valence-corrected chi connectivity index (χ3v) is 4.50. The maximum absolute atomic E-state index is 13.2. The number of carbonyl (C=O) groups is 1. The van der Waals surface area contributed by atoms with Gasteiger partial charge in [-0.25, -0.2) is 9.97 Å². The second-order valence-corrected chi connectivity index (χ2v) is 7.08. The number of amides is 1. The van der Waals surface area contributed by atoms with E-state index in [1.54, 1.807) is 13.2 Å². The Morgan fingerprint density at radius 2 is 1.76 bits per heavy atom. The number of methoxy groups -OCH3 is 1. The molecule has 0 unspecified atom stereocenters. The Bertz CT molecular complexity index is 956. The number of anilines is 2. The number of aryl methyl sites for hydroxylation is 1. The van der Waals surface area contributed by atoms with Crippen molar-refractivity contribution in [3.63, 3.8) is 0 Å². The van der Waals surface area contributed by atoms with Gasteiger partial charge in [-0.2, -0.15) is 0 Å². The molecule has 0 fully saturated rings. The minimum atomic E-state index is -0.118. The lowest BCUT2D eigenvalue weighted by molar-refractivity contribution is 0.0684. The van der Waals surface area contributed by atoms with Gasteiger partial charge in [0.1, 0.15) is 11.4 Å². The fourth-order valence-corrected chi connectivity index (χ4v) is 2.95. The highest BCUT2D eigenvalue weighted by atomic mass is 16.5. The van der Waals surface area contributed by atoms with Gasteiger partial charge in [0.05, 0.1) is 7.11 Å². The normalized spacial score (nSPS) is 10.7. The number of carbonyl (C=O) groups excluding carboxylic acids is 1. The first-order chi connectivity index (χ1) is 14.0. The van der Waals surface area contributed by atoms with Crippen molar-refractivity contribution >= 4 is 17.5 Å². The molecule has 3 aromatic rings. The van der Waals surface area contributed by atoms with E-state index in [4.69, 9.17) is 4.74 Å². The van der Waals surface area contributed by atoms with Crippen LogP contribution < -0.4 is 10.1 Å². The zero-order chi connectivity index (χ0) is 20.8. The van der Waals surface area contributed by atoms with E-state index in [2.05, 4.69) is 15.3 Å². The molecule has 6 heteroatoms. The molecule has 1 heterocycles. The van der Waals surface area contributed by atoms with E-state index in [9.17, 15) is 4.79 Å². The molecule has 1 amide bonds. The Morgan fingerprint density at radius 1 is 1.07 bits per heavy atom. The third-order valence-electron chi connectivity index (χ3n) is 4.50. The first-order valence-corrected chi connectivity index (χ1v) is 9.58. The maximum atomic E-state index is 13.2. The lowest BCUT2D eigenvalue weighted by atomic mass is 10.1. The van der Waals surface area contributed by atoms with E-state index >= 15 is 0 Å². The van der Waals surface area contributed by atoms with Gasteiger partial charge in [-0.15, -0.1) is 0 Å². The number of nitrogens with zero attached hydrogens (tertiary/aromatic N) is 3. The van der Waals surface area contributed by atoms with Gasteiger partial charge in [0.25, 0.3) is 5.91 Å². The van der Waals surface area contributed by atoms with Crippen molar-refractivity contribution in [2.75, 3.05) is 12.4 Å². The third kappa shape index (κ3) is 5.31. The number of nitrogens with one attached hydrogen (secondary N) is 1. The molecule has 2 aromatic carbocycles. The van der Waals surface area contributed by atoms with Crippen LogP contribution in [0.5, 0.6) is 5.75 Å². The van der Waals surface area contributed by atoms with Crippen LogP contribution in [0.4, 0.5) is 11.6 Å². The van der Waals surface area contributed by atoms with E-state index < -0.39 is 0 Å². The molecule has 0 atom stereocenters. The number of ether oxygens (including phenoxy) is 1. The highest BCUT2D eigenvalue weighted by molar-refractivity contribution is 5.93. The quantitative estimate of drug-likeness (QED) is 0.639. The highest BCUT2D eigenvalue weighted by Gasteiger charge is 2.21. The van der Waals surface area contributed by atoms with Gasteiger partial charge < -0.3 is 15.0 Å². The minimum absolute atomic E-state index is 0.0379. The Balaban J connectivity index is 1.83. The van der Waals surface area contributed by atoms with Gasteiger partial charge in [-0.3, -0.25) is 4.79 Å². The summed E-state index contributed by atoms with van der Waals surface area (Å²) in [4.78, 5) is 23.9. The van der Waals surface area contributed by atoms with Crippen molar-refractivity contribution in [1.82, 2.24) is 14.9 Å². The van der Waals surface area contributed by atoms with Gasteiger partial charge in [0, 0.05) is 24.0 Å². The molecule has 3 rings (SSSR count). The van der Waals surface area contributed by atoms with Crippen LogP contribution in [-0.2, 0) is 6.54 Å². The number of aromatic nitrogens is 2. The molecule has 150 valence electrons. The summed E-state index contributed by atoms with van der Waals surface area (Å²) in [6.45, 7) is 6.40. The summed E-state index contributed by atoms with van der Waals surface area (Å²) in [6.07, 6.45) is 0. The fraction of sp³-hybridized carbons (Fsp3) is 0.261. The van der Waals surface area contributed by atoms with Crippen molar-refractivity contribution in [2.45, 2.75) is 33.4 Å². The van der Waals surface area contributed by atoms with Crippen LogP contribution in [0.2, 0.25) is 0 Å². The van der Waals surface area contributed by atoms with Crippen molar-refractivity contribution in [2.24, 2.45) is 0 Å². The molecular weight excluding hydrogens is 364 g/mol. The molecule has 0 saturated carbocycles. The van der Waals surface area contributed by atoms with Crippen LogP contribution in [0.25, 0.3) is 0 Å². The first-order valence-electron chi connectivity index (χ1n) is 9.58. The van der Waals surface area contributed by atoms with Crippen molar-refractivity contribution in [3.05, 3.63) is 77.6 Å². The van der Waals surface area contributed by atoms with Crippen LogP contribution in [0, 0.1) is 6.92 Å². The average Bonchev–Trinajstić information content (AvgIpc) is 2.72. The second-order valence-electron chi connectivity index (χ2n) is 7.08. The van der Waals surface area contributed by atoms with Crippen molar-refractivity contribution < 1.29 is 9.53 Å². The van der Waals surface area contributed by atoms with Crippen molar-refractivity contribution in [3.8, 4) is 5.75 Å². The zero-order valence-electron chi connectivity index (χ0n) is 17.2. The minimum Gasteiger partial charge on any atom is -0.497 e. The molecule has 0 aliphatic rings. The predicted octanol–water partition coefficient (Wildman–Crippen LogP) is 4.59. The number of hydrogen-bond acceptors (Lipinski definition) is 5. The summed E-state index contributed by atoms with van der Waals surface area (Å²) in [7, 11) is 1.62. The standard InChI is InChI=1S/C23H26N4O2/c1-16(2)27(15-18-8-6-5-7-9-18)22(28)21-14-17(3)24-23(26-21)25-19-10-12-20(29-4)13-11-19/h5-14,16H,15H2,1-4H3,(H,24,25,26). The van der Waals surface area contributed by atoms with E-state index in [1.807, 2.05) is 80.3 Å². The zero-order valence-corrected chi connectivity index (χ0v) is 17.2. The van der Waals surface area contributed by atoms with Crippen LogP contribution in [0.15, 0.2) is 60.7 Å². The topological polar surface area (TPSA) is 67.3 Å². The molecule has 1 N–H and O–H groups in total. The summed E-state index contributed by atoms with van der Waals surface area (Å²) in [5, 5.41) is 3.16. The number of rotatable bonds is 7. The Hall–Kier alpha value is -3.41. The summed E-state index contributed by atoms with van der Waals surface area (Å²) >= 11 is 0. The molecule has 0 bridgehead atoms. The van der Waals surface area contributed by atoms with Crippen LogP contribution in [0.1, 0.15) is 35.6 Å². The van der Waals surface area contributed by atoms with Crippen LogP contribution in [-0.4, -0.2) is 33.9 Å². The largest absolute Gasteiger partial charge is 0.497 e. The summed E-state index contributed by atoms with van der Waals surface area (Å²) in [5.41, 5.74) is 3.00. The summed E-state index contributed by atoms with van der Waals surface area (Å²) in [6, 6.07) is 19.2. The van der Waals surface area contributed by atoms with Gasteiger partial charge in [-0.1, -0.05) is 30.3 Å². The molecule has 0 aliphatic heterocycles. The maximum Gasteiger partial charge on any atom is 0.273 e. The lowest BCUT2D eigenvalue weighted by Gasteiger charge is -2.26. The molecule has 0 spiro atoms. The monoisotopic (exact) mass is 390 g/mol. The van der Waals surface area contributed by atoms with E-state index in [0.717, 1.165) is 22.7 Å². The molecule has 29 heavy (non-hydrogen) atoms. The van der Waals surface area contributed by atoms with Crippen molar-refractivity contribution in [1.29, 1.82) is 0 Å². The van der Waals surface area contributed by atoms with Gasteiger partial charge in [0.2, 0.25) is 5.95 Å². The molecular formula is C23H26N4O2. The van der Waals surface area contributed by atoms with E-state index in [1.165, 1.54) is 0 Å². The van der Waals surface area contributed by atoms with Gasteiger partial charge >= 0.3 is 0 Å². The second kappa shape index (κ2) is 9.19. The van der Waals surface area contributed by atoms with Crippen LogP contribution >= 0.6 is 0 Å². The predicted molar refractivity (Wildman–Crippen MR) is 114 cm³/mol. The first kappa shape index (κ1) is 20.3. The molecule has 0 aliphatic carbocycles.